The van der Waals surface area contributed by atoms with Crippen LogP contribution in [-0.4, -0.2) is 22.1 Å². The van der Waals surface area contributed by atoms with E-state index in [1.165, 1.54) is 6.07 Å². The van der Waals surface area contributed by atoms with Crippen LogP contribution in [-0.2, 0) is 13.6 Å². The van der Waals surface area contributed by atoms with Crippen LogP contribution in [0.1, 0.15) is 20.4 Å². The summed E-state index contributed by atoms with van der Waals surface area (Å²) >= 11 is 1.11. The van der Waals surface area contributed by atoms with Crippen molar-refractivity contribution in [1.29, 1.82) is 0 Å². The summed E-state index contributed by atoms with van der Waals surface area (Å²) in [6.07, 6.45) is 0. The van der Waals surface area contributed by atoms with Gasteiger partial charge in [0.15, 0.2) is 0 Å². The van der Waals surface area contributed by atoms with E-state index in [9.17, 15) is 13.6 Å². The molecule has 5 nitrogen and oxygen atoms in total. The number of hydrogen-bond acceptors (Lipinski definition) is 4. The molecule has 3 rings (SSSR count). The van der Waals surface area contributed by atoms with Gasteiger partial charge in [0.1, 0.15) is 16.5 Å². The Hall–Kier alpha value is -2.48. The molecule has 0 aliphatic carbocycles. The van der Waals surface area contributed by atoms with Gasteiger partial charge >= 0.3 is 6.61 Å². The molecule has 0 aliphatic rings. The Morgan fingerprint density at radius 2 is 2.17 bits per heavy atom. The average molecular weight is 351 g/mol. The number of nitrogens with one attached hydrogen (secondary N) is 1. The van der Waals surface area contributed by atoms with Crippen LogP contribution in [0.25, 0.3) is 11.0 Å². The first-order valence-corrected chi connectivity index (χ1v) is 8.01. The lowest BCUT2D eigenvalue weighted by Gasteiger charge is -2.07. The average Bonchev–Trinajstić information content (AvgIpc) is 3.05. The number of ether oxygens (including phenoxy) is 1. The van der Waals surface area contributed by atoms with Crippen molar-refractivity contribution in [2.45, 2.75) is 20.1 Å². The van der Waals surface area contributed by atoms with E-state index in [1.807, 2.05) is 35.9 Å². The Morgan fingerprint density at radius 1 is 1.42 bits per heavy atom. The number of carbonyl (C=O) groups is 1. The van der Waals surface area contributed by atoms with Crippen LogP contribution in [0.5, 0.6) is 5.75 Å². The lowest BCUT2D eigenvalue weighted by Crippen LogP contribution is -2.24. The predicted octanol–water partition coefficient (Wildman–Crippen LogP) is 3.47. The van der Waals surface area contributed by atoms with Crippen LogP contribution < -0.4 is 10.1 Å². The maximum Gasteiger partial charge on any atom is 0.387 e. The second kappa shape index (κ2) is 6.56. The maximum atomic E-state index is 12.4. The molecule has 0 atom stereocenters. The zero-order valence-corrected chi connectivity index (χ0v) is 13.9. The SMILES string of the molecule is Cc1cc(OC(F)F)c(C(=O)NCc2nc3ccccc3n2C)s1. The fraction of sp³-hybridized carbons (Fsp3) is 0.250. The van der Waals surface area contributed by atoms with Crippen molar-refractivity contribution in [3.63, 3.8) is 0 Å². The molecule has 126 valence electrons. The molecule has 0 bridgehead atoms. The van der Waals surface area contributed by atoms with Crippen LogP contribution in [0.3, 0.4) is 0 Å². The minimum absolute atomic E-state index is 0.102. The number of fused-ring (bicyclic) bond motifs is 1. The van der Waals surface area contributed by atoms with Gasteiger partial charge in [-0.25, -0.2) is 4.98 Å². The van der Waals surface area contributed by atoms with Crippen LogP contribution in [0.4, 0.5) is 8.78 Å². The predicted molar refractivity (Wildman–Crippen MR) is 87.6 cm³/mol. The summed E-state index contributed by atoms with van der Waals surface area (Å²) in [5.41, 5.74) is 1.79. The van der Waals surface area contributed by atoms with Crippen molar-refractivity contribution in [1.82, 2.24) is 14.9 Å². The largest absolute Gasteiger partial charge is 0.433 e. The summed E-state index contributed by atoms with van der Waals surface area (Å²) in [5, 5.41) is 2.71. The second-order valence-corrected chi connectivity index (χ2v) is 6.44. The number of carbonyl (C=O) groups excluding carboxylic acids is 1. The van der Waals surface area contributed by atoms with Crippen molar-refractivity contribution in [3.05, 3.63) is 45.9 Å². The summed E-state index contributed by atoms with van der Waals surface area (Å²) in [6, 6.07) is 9.05. The third-order valence-electron chi connectivity index (χ3n) is 3.53. The number of aryl methyl sites for hydroxylation is 2. The van der Waals surface area contributed by atoms with Gasteiger partial charge in [-0.1, -0.05) is 12.1 Å². The van der Waals surface area contributed by atoms with E-state index in [-0.39, 0.29) is 17.2 Å². The first kappa shape index (κ1) is 16.4. The van der Waals surface area contributed by atoms with Crippen LogP contribution in [0.15, 0.2) is 30.3 Å². The standard InChI is InChI=1S/C16H15F2N3O2S/c1-9-7-12(23-16(17)18)14(24-9)15(22)19-8-13-20-10-5-3-4-6-11(10)21(13)2/h3-7,16H,8H2,1-2H3,(H,19,22). The molecule has 0 fully saturated rings. The number of para-hydroxylation sites is 2. The molecule has 1 amide bonds. The highest BCUT2D eigenvalue weighted by Gasteiger charge is 2.19. The van der Waals surface area contributed by atoms with Gasteiger partial charge in [-0.3, -0.25) is 4.79 Å². The Morgan fingerprint density at radius 3 is 2.88 bits per heavy atom. The quantitative estimate of drug-likeness (QED) is 0.766. The van der Waals surface area contributed by atoms with E-state index < -0.39 is 12.5 Å². The van der Waals surface area contributed by atoms with E-state index in [2.05, 4.69) is 15.0 Å². The lowest BCUT2D eigenvalue weighted by atomic mass is 10.3. The van der Waals surface area contributed by atoms with Gasteiger partial charge in [0, 0.05) is 11.9 Å². The van der Waals surface area contributed by atoms with Gasteiger partial charge in [0.25, 0.3) is 5.91 Å². The fourth-order valence-electron chi connectivity index (χ4n) is 2.43. The molecule has 1 aromatic carbocycles. The number of benzene rings is 1. The fourth-order valence-corrected chi connectivity index (χ4v) is 3.29. The third kappa shape index (κ3) is 3.23. The number of imidazole rings is 1. The highest BCUT2D eigenvalue weighted by molar-refractivity contribution is 7.14. The van der Waals surface area contributed by atoms with E-state index in [0.717, 1.165) is 27.2 Å². The molecular formula is C16H15F2N3O2S. The van der Waals surface area contributed by atoms with E-state index in [4.69, 9.17) is 0 Å². The molecule has 0 unspecified atom stereocenters. The number of hydrogen-bond donors (Lipinski definition) is 1. The van der Waals surface area contributed by atoms with Crippen molar-refractivity contribution >= 4 is 28.3 Å². The van der Waals surface area contributed by atoms with Gasteiger partial charge in [-0.15, -0.1) is 11.3 Å². The first-order valence-electron chi connectivity index (χ1n) is 7.19. The molecule has 24 heavy (non-hydrogen) atoms. The Balaban J connectivity index is 1.76. The van der Waals surface area contributed by atoms with Crippen LogP contribution in [0, 0.1) is 6.92 Å². The summed E-state index contributed by atoms with van der Waals surface area (Å²) in [6.45, 7) is -1.05. The Labute approximate surface area is 140 Å². The molecule has 0 aliphatic heterocycles. The maximum absolute atomic E-state index is 12.4. The van der Waals surface area contributed by atoms with Crippen molar-refractivity contribution in [3.8, 4) is 5.75 Å². The summed E-state index contributed by atoms with van der Waals surface area (Å²) < 4.78 is 31.2. The number of rotatable bonds is 5. The number of nitrogens with zero attached hydrogens (tertiary/aromatic N) is 2. The topological polar surface area (TPSA) is 56.1 Å². The summed E-state index contributed by atoms with van der Waals surface area (Å²) in [5.74, 6) is 0.111. The normalized spacial score (nSPS) is 11.2. The zero-order chi connectivity index (χ0) is 17.3. The molecule has 3 aromatic rings. The molecule has 0 saturated carbocycles. The second-order valence-electron chi connectivity index (χ2n) is 5.19. The van der Waals surface area contributed by atoms with Crippen molar-refractivity contribution < 1.29 is 18.3 Å². The minimum atomic E-state index is -2.97. The number of amides is 1. The number of thiophene rings is 1. The highest BCUT2D eigenvalue weighted by atomic mass is 32.1. The van der Waals surface area contributed by atoms with Gasteiger partial charge in [-0.05, 0) is 25.1 Å². The summed E-state index contributed by atoms with van der Waals surface area (Å²) in [4.78, 5) is 17.6. The Kier molecular flexibility index (Phi) is 4.48. The number of aromatic nitrogens is 2. The molecule has 2 aromatic heterocycles. The van der Waals surface area contributed by atoms with E-state index in [1.54, 1.807) is 6.92 Å². The first-order chi connectivity index (χ1) is 11.5. The zero-order valence-electron chi connectivity index (χ0n) is 13.0. The molecule has 0 saturated heterocycles. The summed E-state index contributed by atoms with van der Waals surface area (Å²) in [7, 11) is 1.86. The Bertz CT molecular complexity index is 889. The van der Waals surface area contributed by atoms with Crippen molar-refractivity contribution in [2.75, 3.05) is 0 Å². The van der Waals surface area contributed by atoms with E-state index in [0.29, 0.717) is 5.82 Å². The van der Waals surface area contributed by atoms with Gasteiger partial charge in [0.2, 0.25) is 0 Å². The van der Waals surface area contributed by atoms with Gasteiger partial charge in [0.05, 0.1) is 17.6 Å². The molecule has 0 radical (unpaired) electrons. The smallest absolute Gasteiger partial charge is 0.387 e. The molecular weight excluding hydrogens is 336 g/mol. The molecule has 8 heteroatoms. The highest BCUT2D eigenvalue weighted by Crippen LogP contribution is 2.30. The third-order valence-corrected chi connectivity index (χ3v) is 4.56. The van der Waals surface area contributed by atoms with E-state index >= 15 is 0 Å². The molecule has 0 spiro atoms. The lowest BCUT2D eigenvalue weighted by molar-refractivity contribution is -0.0498. The molecule has 1 N–H and O–H groups in total. The van der Waals surface area contributed by atoms with Gasteiger partial charge < -0.3 is 14.6 Å². The molecule has 2 heterocycles. The van der Waals surface area contributed by atoms with Crippen molar-refractivity contribution in [2.24, 2.45) is 7.05 Å². The van der Waals surface area contributed by atoms with Crippen LogP contribution in [0.2, 0.25) is 0 Å². The minimum Gasteiger partial charge on any atom is -0.433 e. The monoisotopic (exact) mass is 351 g/mol. The van der Waals surface area contributed by atoms with Gasteiger partial charge in [-0.2, -0.15) is 8.78 Å². The number of alkyl halides is 2. The number of halogens is 2. The van der Waals surface area contributed by atoms with Crippen LogP contribution >= 0.6 is 11.3 Å².